The monoisotopic (exact) mass is 966 g/mol. The van der Waals surface area contributed by atoms with Crippen LogP contribution in [0.5, 0.6) is 0 Å². The highest BCUT2D eigenvalue weighted by molar-refractivity contribution is 6.24. The Labute approximate surface area is 442 Å². The van der Waals surface area contributed by atoms with Gasteiger partial charge in [-0.25, -0.2) is 0 Å². The zero-order valence-corrected chi connectivity index (χ0v) is 41.9. The van der Waals surface area contributed by atoms with Crippen molar-refractivity contribution in [3.63, 3.8) is 0 Å². The van der Waals surface area contributed by atoms with E-state index in [1.807, 2.05) is 0 Å². The molecule has 2 nitrogen and oxygen atoms in total. The minimum Gasteiger partial charge on any atom is -0.310 e. The molecular formula is C74H50N2. The van der Waals surface area contributed by atoms with Gasteiger partial charge in [0.1, 0.15) is 0 Å². The summed E-state index contributed by atoms with van der Waals surface area (Å²) in [6.07, 6.45) is 4.45. The Balaban J connectivity index is 1.07. The Morgan fingerprint density at radius 2 is 0.671 bits per heavy atom. The van der Waals surface area contributed by atoms with Gasteiger partial charge in [-0.15, -0.1) is 0 Å². The molecule has 0 radical (unpaired) electrons. The van der Waals surface area contributed by atoms with Gasteiger partial charge in [0, 0.05) is 38.8 Å². The van der Waals surface area contributed by atoms with Crippen molar-refractivity contribution in [1.82, 2.24) is 0 Å². The number of rotatable bonds is 8. The topological polar surface area (TPSA) is 6.48 Å². The van der Waals surface area contributed by atoms with Gasteiger partial charge in [-0.3, -0.25) is 0 Å². The SMILES string of the molecule is C1=C(N(c2ccc3c(-c4ccc5ccccc5c4)c4cc(N(c5cccc6ccccc56)c5cccc6ccccc56)ccc4c(-c4ccc5ccccc5c4)c3c2)c2cccc3ccccc23)c2ccccc2CC1. The molecule has 0 heterocycles. The Kier molecular flexibility index (Phi) is 10.4. The van der Waals surface area contributed by atoms with Gasteiger partial charge in [0.25, 0.3) is 0 Å². The molecule has 0 spiro atoms. The molecule has 14 aromatic rings. The summed E-state index contributed by atoms with van der Waals surface area (Å²) in [5.74, 6) is 0. The standard InChI is InChI=1S/C74H50N2/c1-3-23-55-45-57(39-37-49(55)17-1)73-65-43-41-60(76(71-35-15-27-53-21-7-11-31-63(53)71)72-36-16-28-54-22-8-12-32-64(54)72)48-68(65)74(58-40-38-50-18-2-4-24-56(50)46-58)66-44-42-59(47-67(66)73)75(69-33-13-25-51-19-5-9-29-61(51)69)70-34-14-26-52-20-6-10-30-62(52)70/h1-15,17-27,29-48H,16,28H2. The highest BCUT2D eigenvalue weighted by atomic mass is 15.2. The number of nitrogens with zero attached hydrogens (tertiary/aromatic N) is 2. The molecule has 1 aliphatic rings. The summed E-state index contributed by atoms with van der Waals surface area (Å²) in [6.45, 7) is 0. The summed E-state index contributed by atoms with van der Waals surface area (Å²) in [5, 5.41) is 16.9. The van der Waals surface area contributed by atoms with Gasteiger partial charge in [-0.05, 0) is 155 Å². The van der Waals surface area contributed by atoms with Crippen LogP contribution in [0.4, 0.5) is 28.4 Å². The van der Waals surface area contributed by atoms with Crippen LogP contribution in [0.25, 0.3) is 103 Å². The molecule has 0 fully saturated rings. The molecule has 0 saturated carbocycles. The van der Waals surface area contributed by atoms with Gasteiger partial charge in [0.2, 0.25) is 0 Å². The average molecular weight is 967 g/mol. The molecule has 0 saturated heterocycles. The molecule has 356 valence electrons. The van der Waals surface area contributed by atoms with E-state index in [1.165, 1.54) is 114 Å². The normalized spacial score (nSPS) is 12.4. The molecule has 15 rings (SSSR count). The van der Waals surface area contributed by atoms with Crippen molar-refractivity contribution in [2.75, 3.05) is 9.80 Å². The Morgan fingerprint density at radius 1 is 0.263 bits per heavy atom. The van der Waals surface area contributed by atoms with Gasteiger partial charge in [0.15, 0.2) is 0 Å². The van der Waals surface area contributed by atoms with Crippen molar-refractivity contribution in [3.8, 4) is 22.3 Å². The summed E-state index contributed by atoms with van der Waals surface area (Å²) in [4.78, 5) is 5.04. The molecule has 14 aromatic carbocycles. The van der Waals surface area contributed by atoms with Gasteiger partial charge in [-0.2, -0.15) is 0 Å². The molecule has 0 unspecified atom stereocenters. The molecule has 0 amide bonds. The van der Waals surface area contributed by atoms with E-state index < -0.39 is 0 Å². The van der Waals surface area contributed by atoms with Crippen molar-refractivity contribution in [1.29, 1.82) is 0 Å². The van der Waals surface area contributed by atoms with Gasteiger partial charge in [0.05, 0.1) is 17.1 Å². The summed E-state index contributed by atoms with van der Waals surface area (Å²) in [6, 6.07) is 102. The molecule has 0 aliphatic heterocycles. The maximum absolute atomic E-state index is 2.54. The van der Waals surface area contributed by atoms with Crippen LogP contribution in [-0.4, -0.2) is 0 Å². The number of benzene rings is 14. The highest BCUT2D eigenvalue weighted by Gasteiger charge is 2.26. The maximum Gasteiger partial charge on any atom is 0.0540 e. The van der Waals surface area contributed by atoms with Crippen molar-refractivity contribution >= 4 is 110 Å². The third-order valence-corrected chi connectivity index (χ3v) is 16.0. The number of hydrogen-bond donors (Lipinski definition) is 0. The smallest absolute Gasteiger partial charge is 0.0540 e. The molecular weight excluding hydrogens is 917 g/mol. The van der Waals surface area contributed by atoms with Crippen molar-refractivity contribution < 1.29 is 0 Å². The van der Waals surface area contributed by atoms with E-state index in [0.29, 0.717) is 0 Å². The molecule has 1 aliphatic carbocycles. The lowest BCUT2D eigenvalue weighted by molar-refractivity contribution is 0.968. The van der Waals surface area contributed by atoms with E-state index in [1.54, 1.807) is 0 Å². The first kappa shape index (κ1) is 43.8. The zero-order valence-electron chi connectivity index (χ0n) is 41.9. The Hall–Kier alpha value is -9.76. The van der Waals surface area contributed by atoms with Crippen LogP contribution in [-0.2, 0) is 6.42 Å². The summed E-state index contributed by atoms with van der Waals surface area (Å²) >= 11 is 0. The second-order valence-electron chi connectivity index (χ2n) is 20.3. The quantitative estimate of drug-likeness (QED) is 0.140. The lowest BCUT2D eigenvalue weighted by atomic mass is 9.84. The number of aryl methyl sites for hydroxylation is 1. The minimum absolute atomic E-state index is 0.969. The molecule has 0 N–H and O–H groups in total. The summed E-state index contributed by atoms with van der Waals surface area (Å²) in [7, 11) is 0. The number of fused-ring (bicyclic) bond motifs is 8. The predicted octanol–water partition coefficient (Wildman–Crippen LogP) is 20.7. The third kappa shape index (κ3) is 7.25. The number of allylic oxidation sites excluding steroid dienone is 1. The first-order chi connectivity index (χ1) is 37.7. The highest BCUT2D eigenvalue weighted by Crippen LogP contribution is 2.51. The van der Waals surface area contributed by atoms with Crippen LogP contribution in [0.2, 0.25) is 0 Å². The molecule has 2 heteroatoms. The average Bonchev–Trinajstić information content (AvgIpc) is 3.52. The van der Waals surface area contributed by atoms with E-state index in [2.05, 4.69) is 289 Å². The number of anilines is 5. The van der Waals surface area contributed by atoms with Crippen LogP contribution in [0, 0.1) is 0 Å². The Morgan fingerprint density at radius 3 is 1.18 bits per heavy atom. The zero-order chi connectivity index (χ0) is 50.1. The maximum atomic E-state index is 2.54. The predicted molar refractivity (Wildman–Crippen MR) is 326 cm³/mol. The van der Waals surface area contributed by atoms with Crippen LogP contribution < -0.4 is 9.80 Å². The van der Waals surface area contributed by atoms with Crippen LogP contribution in [0.3, 0.4) is 0 Å². The van der Waals surface area contributed by atoms with Gasteiger partial charge >= 0.3 is 0 Å². The van der Waals surface area contributed by atoms with E-state index >= 15 is 0 Å². The van der Waals surface area contributed by atoms with E-state index in [4.69, 9.17) is 0 Å². The van der Waals surface area contributed by atoms with Crippen molar-refractivity contribution in [2.24, 2.45) is 0 Å². The first-order valence-electron chi connectivity index (χ1n) is 26.5. The van der Waals surface area contributed by atoms with Crippen LogP contribution in [0.15, 0.2) is 279 Å². The fraction of sp³-hybridized carbons (Fsp3) is 0.0270. The largest absolute Gasteiger partial charge is 0.310 e. The number of hydrogen-bond acceptors (Lipinski definition) is 2. The summed E-state index contributed by atoms with van der Waals surface area (Å²) < 4.78 is 0. The van der Waals surface area contributed by atoms with Crippen molar-refractivity contribution in [3.05, 3.63) is 290 Å². The second-order valence-corrected chi connectivity index (χ2v) is 20.3. The minimum atomic E-state index is 0.969. The fourth-order valence-corrected chi connectivity index (χ4v) is 12.5. The van der Waals surface area contributed by atoms with Crippen LogP contribution in [0.1, 0.15) is 17.5 Å². The Bertz CT molecular complexity index is 4580. The lowest BCUT2D eigenvalue weighted by Gasteiger charge is -2.33. The third-order valence-electron chi connectivity index (χ3n) is 16.0. The molecule has 76 heavy (non-hydrogen) atoms. The van der Waals surface area contributed by atoms with Crippen LogP contribution >= 0.6 is 0 Å². The molecule has 0 aromatic heterocycles. The van der Waals surface area contributed by atoms with Crippen molar-refractivity contribution in [2.45, 2.75) is 12.8 Å². The molecule has 0 atom stereocenters. The summed E-state index contributed by atoms with van der Waals surface area (Å²) in [5.41, 5.74) is 14.3. The molecule has 0 bridgehead atoms. The lowest BCUT2D eigenvalue weighted by Crippen LogP contribution is -2.19. The first-order valence-corrected chi connectivity index (χ1v) is 26.5. The second kappa shape index (κ2) is 18.0. The van der Waals surface area contributed by atoms with E-state index in [0.717, 1.165) is 41.3 Å². The van der Waals surface area contributed by atoms with E-state index in [-0.39, 0.29) is 0 Å². The van der Waals surface area contributed by atoms with Gasteiger partial charge < -0.3 is 9.80 Å². The van der Waals surface area contributed by atoms with Gasteiger partial charge in [-0.1, -0.05) is 224 Å². The fourth-order valence-electron chi connectivity index (χ4n) is 12.5. The van der Waals surface area contributed by atoms with E-state index in [9.17, 15) is 0 Å².